The second-order valence-corrected chi connectivity index (χ2v) is 7.21. The molecule has 2 rings (SSSR count). The molecule has 1 aliphatic heterocycles. The molecule has 0 aromatic carbocycles. The number of aliphatic hydroxyl groups excluding tert-OH is 1. The summed E-state index contributed by atoms with van der Waals surface area (Å²) in [6.45, 7) is 2.33. The number of thiophene rings is 1. The average Bonchev–Trinajstić information content (AvgIpc) is 2.77. The Bertz CT molecular complexity index is 319. The van der Waals surface area contributed by atoms with Crippen molar-refractivity contribution in [1.29, 1.82) is 0 Å². The van der Waals surface area contributed by atoms with Crippen molar-refractivity contribution in [2.24, 2.45) is 5.41 Å². The van der Waals surface area contributed by atoms with Crippen molar-refractivity contribution in [2.75, 3.05) is 19.8 Å². The van der Waals surface area contributed by atoms with E-state index in [1.807, 2.05) is 18.4 Å². The van der Waals surface area contributed by atoms with Gasteiger partial charge in [0.05, 0.1) is 6.61 Å². The fraction of sp³-hybridized carbons (Fsp3) is 0.556. The van der Waals surface area contributed by atoms with Crippen molar-refractivity contribution in [2.45, 2.75) is 6.92 Å². The van der Waals surface area contributed by atoms with E-state index in [9.17, 15) is 4.89 Å². The Morgan fingerprint density at radius 1 is 1.60 bits per heavy atom. The summed E-state index contributed by atoms with van der Waals surface area (Å²) in [5.41, 5.74) is -0.439. The topological polar surface area (TPSA) is 61.8 Å². The van der Waals surface area contributed by atoms with Crippen LogP contribution in [-0.2, 0) is 9.05 Å². The molecule has 84 valence electrons. The van der Waals surface area contributed by atoms with E-state index in [4.69, 9.17) is 14.2 Å². The second-order valence-electron chi connectivity index (χ2n) is 3.96. The van der Waals surface area contributed by atoms with Gasteiger partial charge >= 0.3 is 0 Å². The quantitative estimate of drug-likeness (QED) is 0.776. The van der Waals surface area contributed by atoms with Gasteiger partial charge in [-0.3, -0.25) is 0 Å². The van der Waals surface area contributed by atoms with Gasteiger partial charge in [0.1, 0.15) is 13.2 Å². The van der Waals surface area contributed by atoms with Gasteiger partial charge in [-0.2, -0.15) is 0 Å². The van der Waals surface area contributed by atoms with Gasteiger partial charge in [0, 0.05) is 5.41 Å². The van der Waals surface area contributed by atoms with Crippen LogP contribution in [0.1, 0.15) is 6.92 Å². The molecule has 1 saturated heterocycles. The predicted molar refractivity (Wildman–Crippen MR) is 58.0 cm³/mol. The van der Waals surface area contributed by atoms with Gasteiger partial charge in [0.2, 0.25) is 4.62 Å². The summed E-state index contributed by atoms with van der Waals surface area (Å²) in [6.07, 6.45) is 0. The van der Waals surface area contributed by atoms with Gasteiger partial charge in [0.25, 0.3) is 7.94 Å². The predicted octanol–water partition coefficient (Wildman–Crippen LogP) is 0.542. The molecule has 0 unspecified atom stereocenters. The summed E-state index contributed by atoms with van der Waals surface area (Å²) in [5.74, 6) is 0. The monoisotopic (exact) mass is 248 g/mol. The third kappa shape index (κ3) is 2.23. The molecular formula is C9H13O4PS. The molecular weight excluding hydrogens is 235 g/mol. The number of hydrogen-bond donors (Lipinski definition) is 1. The Morgan fingerprint density at radius 3 is 2.73 bits per heavy atom. The Labute approximate surface area is 93.1 Å². The molecule has 6 heteroatoms. The van der Waals surface area contributed by atoms with Crippen LogP contribution in [0.25, 0.3) is 0 Å². The Hall–Kier alpha value is -0.0300. The highest BCUT2D eigenvalue weighted by Crippen LogP contribution is 2.56. The third-order valence-corrected chi connectivity index (χ3v) is 5.61. The van der Waals surface area contributed by atoms with E-state index in [2.05, 4.69) is 0 Å². The van der Waals surface area contributed by atoms with E-state index in [1.54, 1.807) is 6.07 Å². The maximum atomic E-state index is 12.2. The molecule has 1 N–H and O–H groups in total. The molecule has 15 heavy (non-hydrogen) atoms. The van der Waals surface area contributed by atoms with Gasteiger partial charge in [0.15, 0.2) is 0 Å². The first-order chi connectivity index (χ1) is 7.08. The van der Waals surface area contributed by atoms with Gasteiger partial charge in [-0.15, -0.1) is 11.3 Å². The van der Waals surface area contributed by atoms with Crippen molar-refractivity contribution in [3.63, 3.8) is 0 Å². The van der Waals surface area contributed by atoms with Crippen LogP contribution in [0.4, 0.5) is 0 Å². The first kappa shape index (κ1) is 11.5. The molecule has 2 heterocycles. The lowest BCUT2D eigenvalue weighted by molar-refractivity contribution is -0.229. The van der Waals surface area contributed by atoms with Gasteiger partial charge in [-0.1, -0.05) is 6.92 Å². The lowest BCUT2D eigenvalue weighted by Crippen LogP contribution is -2.42. The molecule has 0 spiro atoms. The summed E-state index contributed by atoms with van der Waals surface area (Å²) >= 11 is 1.36. The van der Waals surface area contributed by atoms with Crippen LogP contribution in [0, 0.1) is 5.41 Å². The fourth-order valence-electron chi connectivity index (χ4n) is 1.20. The smallest absolute Gasteiger partial charge is 0.281 e. The van der Waals surface area contributed by atoms with Gasteiger partial charge < -0.3 is 10.00 Å². The highest BCUT2D eigenvalue weighted by Gasteiger charge is 2.45. The zero-order valence-electron chi connectivity index (χ0n) is 8.38. The van der Waals surface area contributed by atoms with Gasteiger partial charge in [-0.25, -0.2) is 9.05 Å². The van der Waals surface area contributed by atoms with E-state index in [0.29, 0.717) is 4.62 Å². The lowest BCUT2D eigenvalue weighted by atomic mass is 9.95. The highest BCUT2D eigenvalue weighted by molar-refractivity contribution is 7.73. The Morgan fingerprint density at radius 2 is 2.27 bits per heavy atom. The largest absolute Gasteiger partial charge is 0.626 e. The zero-order chi connectivity index (χ0) is 10.9. The normalized spacial score (nSPS) is 36.7. The summed E-state index contributed by atoms with van der Waals surface area (Å²) in [4.78, 5) is 12.2. The molecule has 0 radical (unpaired) electrons. The molecule has 4 nitrogen and oxygen atoms in total. The number of hydrogen-bond acceptors (Lipinski definition) is 5. The van der Waals surface area contributed by atoms with Crippen LogP contribution in [0.15, 0.2) is 17.5 Å². The molecule has 1 aromatic rings. The summed E-state index contributed by atoms with van der Waals surface area (Å²) in [6, 6.07) is 3.55. The zero-order valence-corrected chi connectivity index (χ0v) is 10.1. The second kappa shape index (κ2) is 4.09. The minimum absolute atomic E-state index is 0.0303. The minimum atomic E-state index is -3.10. The maximum Gasteiger partial charge on any atom is 0.281 e. The van der Waals surface area contributed by atoms with Crippen molar-refractivity contribution < 1.29 is 19.0 Å². The van der Waals surface area contributed by atoms with Crippen LogP contribution < -0.4 is 9.51 Å². The Kier molecular flexibility index (Phi) is 3.12. The van der Waals surface area contributed by atoms with Crippen LogP contribution >= 0.6 is 19.3 Å². The first-order valence-electron chi connectivity index (χ1n) is 4.62. The average molecular weight is 248 g/mol. The lowest BCUT2D eigenvalue weighted by Gasteiger charge is -2.37. The SMILES string of the molecule is CC1(CO)CO[P+]([O-])(c2cccs2)OC1. The molecule has 0 amide bonds. The molecule has 1 fully saturated rings. The van der Waals surface area contributed by atoms with Gasteiger partial charge in [-0.05, 0) is 17.5 Å². The number of aliphatic hydroxyl groups is 1. The van der Waals surface area contributed by atoms with Crippen molar-refractivity contribution in [3.8, 4) is 0 Å². The molecule has 0 aliphatic carbocycles. The summed E-state index contributed by atoms with van der Waals surface area (Å²) in [7, 11) is -3.10. The standard InChI is InChI=1S/C9H13O4PS/c1-9(5-10)6-12-14(11,13-7-9)8-3-2-4-15-8/h2-4,10H,5-7H2,1H3. The van der Waals surface area contributed by atoms with E-state index in [0.717, 1.165) is 0 Å². The fourth-order valence-corrected chi connectivity index (χ4v) is 4.23. The van der Waals surface area contributed by atoms with Crippen LogP contribution in [0.3, 0.4) is 0 Å². The van der Waals surface area contributed by atoms with E-state index in [1.165, 1.54) is 11.3 Å². The maximum absolute atomic E-state index is 12.2. The van der Waals surface area contributed by atoms with Crippen molar-refractivity contribution in [3.05, 3.63) is 17.5 Å². The van der Waals surface area contributed by atoms with Crippen molar-refractivity contribution in [1.82, 2.24) is 0 Å². The van der Waals surface area contributed by atoms with Crippen molar-refractivity contribution >= 4 is 23.9 Å². The molecule has 0 saturated carbocycles. The molecule has 1 aromatic heterocycles. The highest BCUT2D eigenvalue weighted by atomic mass is 32.1. The Balaban J connectivity index is 2.10. The third-order valence-electron chi connectivity index (χ3n) is 2.32. The summed E-state index contributed by atoms with van der Waals surface area (Å²) < 4.78 is 11.2. The minimum Gasteiger partial charge on any atom is -0.626 e. The molecule has 0 bridgehead atoms. The molecule has 0 atom stereocenters. The summed E-state index contributed by atoms with van der Waals surface area (Å²) in [5, 5.41) is 10.9. The number of rotatable bonds is 2. The van der Waals surface area contributed by atoms with E-state index in [-0.39, 0.29) is 19.8 Å². The first-order valence-corrected chi connectivity index (χ1v) is 7.04. The molecule has 1 aliphatic rings. The van der Waals surface area contributed by atoms with E-state index < -0.39 is 13.4 Å². The van der Waals surface area contributed by atoms with Crippen LogP contribution in [0.2, 0.25) is 0 Å². The van der Waals surface area contributed by atoms with Crippen LogP contribution in [-0.4, -0.2) is 24.9 Å². The van der Waals surface area contributed by atoms with E-state index >= 15 is 0 Å². The van der Waals surface area contributed by atoms with Crippen LogP contribution in [0.5, 0.6) is 0 Å².